The van der Waals surface area contributed by atoms with Crippen molar-refractivity contribution in [2.75, 3.05) is 72.9 Å². The van der Waals surface area contributed by atoms with Gasteiger partial charge in [-0.25, -0.2) is 0 Å². The van der Waals surface area contributed by atoms with Crippen LogP contribution < -0.4 is 10.6 Å². The number of ether oxygens (including phenoxy) is 3. The SMILES string of the molecule is CCCCOCCOCCNC(=NCC1CCCN1CCOC)NCC. The van der Waals surface area contributed by atoms with Gasteiger partial charge in [-0.05, 0) is 32.7 Å². The zero-order valence-electron chi connectivity index (χ0n) is 17.1. The molecule has 0 amide bonds. The van der Waals surface area contributed by atoms with Crippen molar-refractivity contribution in [3.05, 3.63) is 0 Å². The molecule has 0 radical (unpaired) electrons. The zero-order chi connectivity index (χ0) is 18.9. The quantitative estimate of drug-likeness (QED) is 0.258. The lowest BCUT2D eigenvalue weighted by Gasteiger charge is -2.23. The van der Waals surface area contributed by atoms with Crippen LogP contribution in [0.4, 0.5) is 0 Å². The highest BCUT2D eigenvalue weighted by molar-refractivity contribution is 5.79. The van der Waals surface area contributed by atoms with Crippen LogP contribution >= 0.6 is 0 Å². The van der Waals surface area contributed by atoms with Crippen LogP contribution in [0, 0.1) is 0 Å². The minimum Gasteiger partial charge on any atom is -0.383 e. The highest BCUT2D eigenvalue weighted by Crippen LogP contribution is 2.16. The first-order valence-electron chi connectivity index (χ1n) is 10.2. The number of guanidine groups is 1. The van der Waals surface area contributed by atoms with E-state index in [9.17, 15) is 0 Å². The summed E-state index contributed by atoms with van der Waals surface area (Å²) < 4.78 is 16.3. The van der Waals surface area contributed by atoms with Crippen molar-refractivity contribution in [1.82, 2.24) is 15.5 Å². The number of methoxy groups -OCH3 is 1. The Morgan fingerprint density at radius 1 is 1.08 bits per heavy atom. The topological polar surface area (TPSA) is 67.4 Å². The van der Waals surface area contributed by atoms with Crippen LogP contribution in [0.25, 0.3) is 0 Å². The fourth-order valence-electron chi connectivity index (χ4n) is 2.95. The molecule has 0 bridgehead atoms. The molecule has 1 unspecified atom stereocenters. The second kappa shape index (κ2) is 16.3. The maximum atomic E-state index is 5.59. The Morgan fingerprint density at radius 2 is 1.88 bits per heavy atom. The van der Waals surface area contributed by atoms with E-state index >= 15 is 0 Å². The van der Waals surface area contributed by atoms with Gasteiger partial charge in [-0.1, -0.05) is 13.3 Å². The van der Waals surface area contributed by atoms with E-state index in [0.29, 0.717) is 25.9 Å². The molecule has 1 aliphatic heterocycles. The van der Waals surface area contributed by atoms with Gasteiger partial charge in [-0.15, -0.1) is 0 Å². The minimum absolute atomic E-state index is 0.525. The molecule has 1 fully saturated rings. The second-order valence-electron chi connectivity index (χ2n) is 6.55. The Balaban J connectivity index is 2.18. The first-order valence-corrected chi connectivity index (χ1v) is 10.2. The van der Waals surface area contributed by atoms with E-state index < -0.39 is 0 Å². The number of hydrogen-bond donors (Lipinski definition) is 2. The predicted molar refractivity (Wildman–Crippen MR) is 107 cm³/mol. The standard InChI is InChI=1S/C19H40N4O3/c1-4-6-12-25-15-16-26-13-9-21-19(20-5-2)22-17-18-8-7-10-23(18)11-14-24-3/h18H,4-17H2,1-3H3,(H2,20,21,22). The van der Waals surface area contributed by atoms with Gasteiger partial charge in [0, 0.05) is 39.4 Å². The Bertz CT molecular complexity index is 356. The van der Waals surface area contributed by atoms with E-state index in [4.69, 9.17) is 19.2 Å². The van der Waals surface area contributed by atoms with Gasteiger partial charge < -0.3 is 24.8 Å². The van der Waals surface area contributed by atoms with Crippen LogP contribution in [0.2, 0.25) is 0 Å². The summed E-state index contributed by atoms with van der Waals surface area (Å²) in [6, 6.07) is 0.525. The van der Waals surface area contributed by atoms with Crippen molar-refractivity contribution in [1.29, 1.82) is 0 Å². The lowest BCUT2D eigenvalue weighted by molar-refractivity contribution is 0.0487. The second-order valence-corrected chi connectivity index (χ2v) is 6.55. The van der Waals surface area contributed by atoms with E-state index in [0.717, 1.165) is 58.3 Å². The molecule has 154 valence electrons. The van der Waals surface area contributed by atoms with Crippen molar-refractivity contribution in [3.8, 4) is 0 Å². The van der Waals surface area contributed by atoms with E-state index in [1.54, 1.807) is 7.11 Å². The van der Waals surface area contributed by atoms with Crippen LogP contribution in [0.5, 0.6) is 0 Å². The largest absolute Gasteiger partial charge is 0.383 e. The minimum atomic E-state index is 0.525. The molecule has 0 saturated carbocycles. The van der Waals surface area contributed by atoms with Crippen molar-refractivity contribution < 1.29 is 14.2 Å². The molecular formula is C19H40N4O3. The van der Waals surface area contributed by atoms with Crippen LogP contribution in [-0.4, -0.2) is 89.8 Å². The summed E-state index contributed by atoms with van der Waals surface area (Å²) in [5.41, 5.74) is 0. The van der Waals surface area contributed by atoms with Crippen LogP contribution in [-0.2, 0) is 14.2 Å². The highest BCUT2D eigenvalue weighted by atomic mass is 16.5. The smallest absolute Gasteiger partial charge is 0.191 e. The number of hydrogen-bond acceptors (Lipinski definition) is 5. The molecule has 1 saturated heterocycles. The monoisotopic (exact) mass is 372 g/mol. The number of rotatable bonds is 15. The molecule has 2 N–H and O–H groups in total. The number of likely N-dealkylation sites (tertiary alicyclic amines) is 1. The summed E-state index contributed by atoms with van der Waals surface area (Å²) in [5, 5.41) is 6.65. The third-order valence-electron chi connectivity index (χ3n) is 4.44. The summed E-state index contributed by atoms with van der Waals surface area (Å²) >= 11 is 0. The molecule has 0 aromatic rings. The predicted octanol–water partition coefficient (Wildman–Crippen LogP) is 1.49. The molecular weight excluding hydrogens is 332 g/mol. The van der Waals surface area contributed by atoms with Crippen LogP contribution in [0.1, 0.15) is 39.5 Å². The van der Waals surface area contributed by atoms with Gasteiger partial charge in [-0.3, -0.25) is 9.89 Å². The summed E-state index contributed by atoms with van der Waals surface area (Å²) in [4.78, 5) is 7.24. The number of nitrogens with one attached hydrogen (secondary N) is 2. The Hall–Kier alpha value is -0.890. The average Bonchev–Trinajstić information content (AvgIpc) is 3.10. The van der Waals surface area contributed by atoms with Gasteiger partial charge in [0.25, 0.3) is 0 Å². The Kier molecular flexibility index (Phi) is 14.5. The fourth-order valence-corrected chi connectivity index (χ4v) is 2.95. The number of nitrogens with zero attached hydrogens (tertiary/aromatic N) is 2. The average molecular weight is 373 g/mol. The van der Waals surface area contributed by atoms with Crippen molar-refractivity contribution >= 4 is 5.96 Å². The first kappa shape index (κ1) is 23.1. The van der Waals surface area contributed by atoms with Gasteiger partial charge in [-0.2, -0.15) is 0 Å². The van der Waals surface area contributed by atoms with E-state index in [1.165, 1.54) is 19.3 Å². The van der Waals surface area contributed by atoms with Gasteiger partial charge in [0.2, 0.25) is 0 Å². The molecule has 1 atom stereocenters. The summed E-state index contributed by atoms with van der Waals surface area (Å²) in [6.07, 6.45) is 4.76. The molecule has 1 heterocycles. The highest BCUT2D eigenvalue weighted by Gasteiger charge is 2.23. The molecule has 0 spiro atoms. The molecule has 26 heavy (non-hydrogen) atoms. The molecule has 1 aliphatic rings. The molecule has 0 aromatic carbocycles. The molecule has 7 heteroatoms. The van der Waals surface area contributed by atoms with Crippen molar-refractivity contribution in [2.24, 2.45) is 4.99 Å². The van der Waals surface area contributed by atoms with Crippen molar-refractivity contribution in [3.63, 3.8) is 0 Å². The van der Waals surface area contributed by atoms with E-state index in [2.05, 4.69) is 29.4 Å². The fraction of sp³-hybridized carbons (Fsp3) is 0.947. The summed E-state index contributed by atoms with van der Waals surface area (Å²) in [7, 11) is 1.76. The number of unbranched alkanes of at least 4 members (excludes halogenated alkanes) is 1. The van der Waals surface area contributed by atoms with Crippen molar-refractivity contribution in [2.45, 2.75) is 45.6 Å². The molecule has 7 nitrogen and oxygen atoms in total. The van der Waals surface area contributed by atoms with Gasteiger partial charge in [0.05, 0.1) is 33.0 Å². The van der Waals surface area contributed by atoms with E-state index in [-0.39, 0.29) is 0 Å². The van der Waals surface area contributed by atoms with Crippen LogP contribution in [0.15, 0.2) is 4.99 Å². The van der Waals surface area contributed by atoms with Gasteiger partial charge in [0.1, 0.15) is 0 Å². The maximum Gasteiger partial charge on any atom is 0.191 e. The molecule has 0 aromatic heterocycles. The maximum absolute atomic E-state index is 5.59. The molecule has 1 rings (SSSR count). The lowest BCUT2D eigenvalue weighted by Crippen LogP contribution is -2.41. The third kappa shape index (κ3) is 11.0. The third-order valence-corrected chi connectivity index (χ3v) is 4.44. The molecule has 0 aliphatic carbocycles. The van der Waals surface area contributed by atoms with Gasteiger partial charge in [0.15, 0.2) is 5.96 Å². The van der Waals surface area contributed by atoms with E-state index in [1.807, 2.05) is 0 Å². The zero-order valence-corrected chi connectivity index (χ0v) is 17.1. The summed E-state index contributed by atoms with van der Waals surface area (Å²) in [6.45, 7) is 12.4. The normalized spacial score (nSPS) is 18.4. The Labute approximate surface area is 159 Å². The van der Waals surface area contributed by atoms with Crippen LogP contribution in [0.3, 0.4) is 0 Å². The number of aliphatic imine (C=N–C) groups is 1. The Morgan fingerprint density at radius 3 is 2.62 bits per heavy atom. The lowest BCUT2D eigenvalue weighted by atomic mass is 10.2. The van der Waals surface area contributed by atoms with Gasteiger partial charge >= 0.3 is 0 Å². The summed E-state index contributed by atoms with van der Waals surface area (Å²) in [5.74, 6) is 0.869. The first-order chi connectivity index (χ1) is 12.8.